The van der Waals surface area contributed by atoms with E-state index in [2.05, 4.69) is 10.6 Å². The Morgan fingerprint density at radius 1 is 1.11 bits per heavy atom. The first-order chi connectivity index (χ1) is 13.0. The number of amides is 2. The molecule has 3 aliphatic heterocycles. The Bertz CT molecular complexity index is 546. The largest absolute Gasteiger partial charge is 0.450 e. The van der Waals surface area contributed by atoms with Gasteiger partial charge in [0, 0.05) is 27.6 Å². The van der Waals surface area contributed by atoms with Gasteiger partial charge in [-0.15, -0.1) is 0 Å². The highest BCUT2D eigenvalue weighted by molar-refractivity contribution is 5.80. The molecule has 0 aromatic heterocycles. The van der Waals surface area contributed by atoms with Gasteiger partial charge in [-0.1, -0.05) is 6.42 Å². The fourth-order valence-corrected chi connectivity index (χ4v) is 3.97. The van der Waals surface area contributed by atoms with Gasteiger partial charge < -0.3 is 34.3 Å². The fourth-order valence-electron chi connectivity index (χ4n) is 3.97. The van der Waals surface area contributed by atoms with E-state index >= 15 is 0 Å². The number of nitrogens with one attached hydrogen (secondary N) is 2. The van der Waals surface area contributed by atoms with Crippen molar-refractivity contribution in [2.45, 2.75) is 69.4 Å². The number of unbranched alkanes of at least 4 members (excludes halogenated alkanes) is 3. The van der Waals surface area contributed by atoms with Crippen LogP contribution in [0, 0.1) is 5.92 Å². The highest BCUT2D eigenvalue weighted by Crippen LogP contribution is 2.48. The third-order valence-electron chi connectivity index (χ3n) is 5.44. The lowest BCUT2D eigenvalue weighted by Crippen LogP contribution is -2.46. The zero-order chi connectivity index (χ0) is 19.4. The second-order valence-corrected chi connectivity index (χ2v) is 7.30. The van der Waals surface area contributed by atoms with E-state index in [-0.39, 0.29) is 36.2 Å². The van der Waals surface area contributed by atoms with Crippen molar-refractivity contribution in [3.05, 3.63) is 0 Å². The van der Waals surface area contributed by atoms with Crippen LogP contribution in [0.1, 0.15) is 39.0 Å². The van der Waals surface area contributed by atoms with Crippen LogP contribution in [-0.2, 0) is 28.5 Å². The van der Waals surface area contributed by atoms with Crippen LogP contribution in [0.2, 0.25) is 0 Å². The molecule has 0 aromatic carbocycles. The maximum absolute atomic E-state index is 12.5. The van der Waals surface area contributed by atoms with Crippen molar-refractivity contribution in [2.75, 3.05) is 27.3 Å². The first-order valence-electron chi connectivity index (χ1n) is 9.66. The summed E-state index contributed by atoms with van der Waals surface area (Å²) >= 11 is 0. The summed E-state index contributed by atoms with van der Waals surface area (Å²) in [6, 6.07) is 0. The van der Waals surface area contributed by atoms with Gasteiger partial charge >= 0.3 is 6.09 Å². The maximum atomic E-state index is 12.5. The molecule has 154 valence electrons. The Labute approximate surface area is 159 Å². The SMILES string of the molecule is CNC(=O)OCCCCCCNC(=O)C1CC2O[C@@H]1[C@H]1OC(C)(OC)OC21. The zero-order valence-electron chi connectivity index (χ0n) is 16.2. The molecule has 9 heteroatoms. The number of hydrogen-bond acceptors (Lipinski definition) is 7. The molecule has 0 aromatic rings. The Morgan fingerprint density at radius 3 is 2.59 bits per heavy atom. The first kappa shape index (κ1) is 20.3. The van der Waals surface area contributed by atoms with Gasteiger partial charge in [-0.3, -0.25) is 4.79 Å². The number of alkyl carbamates (subject to hydrolysis) is 1. The summed E-state index contributed by atoms with van der Waals surface area (Å²) in [6.45, 7) is 2.78. The highest BCUT2D eigenvalue weighted by Gasteiger charge is 2.64. The minimum atomic E-state index is -1.05. The summed E-state index contributed by atoms with van der Waals surface area (Å²) < 4.78 is 27.8. The van der Waals surface area contributed by atoms with Crippen LogP contribution in [-0.4, -0.2) is 69.7 Å². The van der Waals surface area contributed by atoms with E-state index in [0.29, 0.717) is 19.6 Å². The van der Waals surface area contributed by atoms with Crippen molar-refractivity contribution in [1.29, 1.82) is 0 Å². The van der Waals surface area contributed by atoms with Crippen molar-refractivity contribution < 1.29 is 33.3 Å². The van der Waals surface area contributed by atoms with Crippen LogP contribution in [0.25, 0.3) is 0 Å². The van der Waals surface area contributed by atoms with Crippen molar-refractivity contribution in [3.8, 4) is 0 Å². The van der Waals surface area contributed by atoms with E-state index in [1.165, 1.54) is 7.05 Å². The number of ether oxygens (including phenoxy) is 5. The number of fused-ring (bicyclic) bond motifs is 5. The Morgan fingerprint density at radius 2 is 1.85 bits per heavy atom. The molecular weight excluding hydrogens is 356 g/mol. The fraction of sp³-hybridized carbons (Fsp3) is 0.889. The van der Waals surface area contributed by atoms with Crippen LogP contribution in [0.15, 0.2) is 0 Å². The predicted molar refractivity (Wildman–Crippen MR) is 93.8 cm³/mol. The average molecular weight is 386 g/mol. The van der Waals surface area contributed by atoms with Crippen LogP contribution in [0.5, 0.6) is 0 Å². The molecule has 3 aliphatic rings. The van der Waals surface area contributed by atoms with Gasteiger partial charge in [0.25, 0.3) is 5.97 Å². The molecule has 2 bridgehead atoms. The van der Waals surface area contributed by atoms with E-state index in [1.54, 1.807) is 14.0 Å². The van der Waals surface area contributed by atoms with Gasteiger partial charge in [-0.25, -0.2) is 4.79 Å². The van der Waals surface area contributed by atoms with E-state index in [0.717, 1.165) is 25.7 Å². The van der Waals surface area contributed by atoms with Gasteiger partial charge in [0.2, 0.25) is 5.91 Å². The Hall–Kier alpha value is -1.42. The van der Waals surface area contributed by atoms with Crippen LogP contribution >= 0.6 is 0 Å². The van der Waals surface area contributed by atoms with Crippen LogP contribution in [0.4, 0.5) is 4.79 Å². The van der Waals surface area contributed by atoms with Crippen LogP contribution in [0.3, 0.4) is 0 Å². The monoisotopic (exact) mass is 386 g/mol. The van der Waals surface area contributed by atoms with Gasteiger partial charge in [0.05, 0.1) is 24.7 Å². The normalized spacial score (nSPS) is 36.5. The second kappa shape index (κ2) is 8.72. The third kappa shape index (κ3) is 4.53. The molecule has 3 rings (SSSR count). The highest BCUT2D eigenvalue weighted by atomic mass is 16.9. The number of carbonyl (C=O) groups is 2. The summed E-state index contributed by atoms with van der Waals surface area (Å²) in [6.07, 6.45) is 3.06. The number of hydrogen-bond donors (Lipinski definition) is 2. The number of methoxy groups -OCH3 is 1. The summed E-state index contributed by atoms with van der Waals surface area (Å²) in [5.41, 5.74) is 0. The molecule has 0 saturated carbocycles. The third-order valence-corrected chi connectivity index (χ3v) is 5.44. The van der Waals surface area contributed by atoms with E-state index < -0.39 is 12.1 Å². The van der Waals surface area contributed by atoms with Crippen molar-refractivity contribution in [1.82, 2.24) is 10.6 Å². The summed E-state index contributed by atoms with van der Waals surface area (Å²) in [5, 5.41) is 5.41. The van der Waals surface area contributed by atoms with E-state index in [1.807, 2.05) is 0 Å². The molecule has 2 amide bonds. The molecule has 27 heavy (non-hydrogen) atoms. The topological polar surface area (TPSA) is 104 Å². The summed E-state index contributed by atoms with van der Waals surface area (Å²) in [4.78, 5) is 23.4. The average Bonchev–Trinajstić information content (AvgIpc) is 3.33. The molecule has 3 heterocycles. The summed E-state index contributed by atoms with van der Waals surface area (Å²) in [5.74, 6) is -1.25. The molecule has 4 unspecified atom stereocenters. The van der Waals surface area contributed by atoms with E-state index in [9.17, 15) is 9.59 Å². The van der Waals surface area contributed by atoms with Gasteiger partial charge in [0.1, 0.15) is 12.2 Å². The molecular formula is C18H30N2O7. The van der Waals surface area contributed by atoms with Gasteiger partial charge in [0.15, 0.2) is 0 Å². The predicted octanol–water partition coefficient (Wildman–Crippen LogP) is 0.910. The van der Waals surface area contributed by atoms with Crippen LogP contribution < -0.4 is 10.6 Å². The minimum absolute atomic E-state index is 0.0125. The maximum Gasteiger partial charge on any atom is 0.406 e. The lowest BCUT2D eigenvalue weighted by Gasteiger charge is -2.25. The zero-order valence-corrected chi connectivity index (χ0v) is 16.2. The van der Waals surface area contributed by atoms with E-state index in [4.69, 9.17) is 23.7 Å². The second-order valence-electron chi connectivity index (χ2n) is 7.30. The van der Waals surface area contributed by atoms with Crippen molar-refractivity contribution in [2.24, 2.45) is 5.92 Å². The Kier molecular flexibility index (Phi) is 6.56. The lowest BCUT2D eigenvalue weighted by atomic mass is 9.85. The molecule has 9 nitrogen and oxygen atoms in total. The molecule has 6 atom stereocenters. The smallest absolute Gasteiger partial charge is 0.406 e. The number of rotatable bonds is 9. The first-order valence-corrected chi connectivity index (χ1v) is 9.66. The molecule has 3 saturated heterocycles. The molecule has 3 fully saturated rings. The molecule has 0 radical (unpaired) electrons. The van der Waals surface area contributed by atoms with Crippen molar-refractivity contribution in [3.63, 3.8) is 0 Å². The summed E-state index contributed by atoms with van der Waals surface area (Å²) in [7, 11) is 3.08. The van der Waals surface area contributed by atoms with Gasteiger partial charge in [-0.2, -0.15) is 0 Å². The molecule has 0 spiro atoms. The Balaban J connectivity index is 1.31. The number of carbonyl (C=O) groups excluding carboxylic acids is 2. The molecule has 0 aliphatic carbocycles. The standard InChI is InChI=1S/C18H30N2O7/c1-18(23-3)26-14-12-10-11(13(25-12)15(14)27-18)16(21)20-8-6-4-5-7-9-24-17(22)19-2/h11-15H,4-10H2,1-3H3,(H,19,22)(H,20,21)/t11?,12?,13-,14?,15+,18?/m0/s1. The molecule has 2 N–H and O–H groups in total. The van der Waals surface area contributed by atoms with Gasteiger partial charge in [-0.05, 0) is 25.7 Å². The minimum Gasteiger partial charge on any atom is -0.450 e. The quantitative estimate of drug-likeness (QED) is 0.568. The lowest BCUT2D eigenvalue weighted by molar-refractivity contribution is -0.329. The van der Waals surface area contributed by atoms with Crippen molar-refractivity contribution >= 4 is 12.0 Å².